The first-order valence-electron chi connectivity index (χ1n) is 7.90. The summed E-state index contributed by atoms with van der Waals surface area (Å²) in [5, 5.41) is 0. The van der Waals surface area contributed by atoms with E-state index in [9.17, 15) is 0 Å². The fraction of sp³-hybridized carbons (Fsp3) is 1.00. The van der Waals surface area contributed by atoms with Crippen molar-refractivity contribution in [1.82, 2.24) is 0 Å². The molecule has 0 bridgehead atoms. The van der Waals surface area contributed by atoms with Crippen molar-refractivity contribution in [2.45, 2.75) is 65.4 Å². The Kier molecular flexibility index (Phi) is 6.93. The van der Waals surface area contributed by atoms with Crippen LogP contribution in [0.3, 0.4) is 0 Å². The van der Waals surface area contributed by atoms with Gasteiger partial charge in [-0.25, -0.2) is 0 Å². The van der Waals surface area contributed by atoms with Gasteiger partial charge in [-0.05, 0) is 0 Å². The summed E-state index contributed by atoms with van der Waals surface area (Å²) in [4.78, 5) is 0. The van der Waals surface area contributed by atoms with Crippen molar-refractivity contribution in [2.75, 3.05) is 31.3 Å². The summed E-state index contributed by atoms with van der Waals surface area (Å²) in [7, 11) is 0. The van der Waals surface area contributed by atoms with Crippen molar-refractivity contribution < 1.29 is 4.74 Å². The molecule has 0 aromatic heterocycles. The minimum atomic E-state index is -1.99. The summed E-state index contributed by atoms with van der Waals surface area (Å²) in [5.41, 5.74) is 0. The van der Waals surface area contributed by atoms with Crippen LogP contribution in [0, 0.1) is 0 Å². The van der Waals surface area contributed by atoms with Crippen LogP contribution >= 0.6 is 17.2 Å². The van der Waals surface area contributed by atoms with E-state index in [2.05, 4.69) is 20.8 Å². The fourth-order valence-corrected chi connectivity index (χ4v) is 10.3. The Labute approximate surface area is 119 Å². The monoisotopic (exact) mass is 294 g/mol. The molecule has 1 unspecified atom stereocenters. The number of ether oxygens (including phenoxy) is 1. The predicted molar refractivity (Wildman–Crippen MR) is 86.7 cm³/mol. The van der Waals surface area contributed by atoms with E-state index in [-0.39, 0.29) is 0 Å². The summed E-state index contributed by atoms with van der Waals surface area (Å²) >= 11 is 7.42. The van der Waals surface area contributed by atoms with Gasteiger partial charge in [-0.3, -0.25) is 0 Å². The summed E-state index contributed by atoms with van der Waals surface area (Å²) in [5.74, 6) is -1.99. The van der Waals surface area contributed by atoms with Gasteiger partial charge in [-0.1, -0.05) is 0 Å². The maximum absolute atomic E-state index is 7.42. The zero-order valence-corrected chi connectivity index (χ0v) is 14.2. The first-order chi connectivity index (χ1) is 8.56. The van der Waals surface area contributed by atoms with Crippen LogP contribution in [0.2, 0.25) is 0 Å². The molecule has 0 aliphatic carbocycles. The third-order valence-corrected chi connectivity index (χ3v) is 11.8. The molecule has 1 rings (SSSR count). The Morgan fingerprint density at radius 3 is 1.61 bits per heavy atom. The summed E-state index contributed by atoms with van der Waals surface area (Å²) in [6.45, 7) is 7.82. The molecule has 1 nitrogen and oxygen atoms in total. The van der Waals surface area contributed by atoms with E-state index in [1.54, 1.807) is 0 Å². The van der Waals surface area contributed by atoms with Gasteiger partial charge in [0, 0.05) is 0 Å². The topological polar surface area (TPSA) is 12.5 Å². The van der Waals surface area contributed by atoms with Crippen molar-refractivity contribution in [3.8, 4) is 0 Å². The SMILES string of the molecule is CCCCP(Cl)(CCCC)(CCCC)CC1CO1. The Morgan fingerprint density at radius 2 is 1.33 bits per heavy atom. The number of epoxide rings is 1. The first kappa shape index (κ1) is 16.7. The standard InChI is InChI=1S/C15H32ClOP/c1-4-7-10-18(16,11-8-5-2,12-9-6-3)14-15-13-17-15/h15H,4-14H2,1-3H3. The van der Waals surface area contributed by atoms with E-state index in [1.165, 1.54) is 63.2 Å². The molecule has 0 amide bonds. The van der Waals surface area contributed by atoms with Crippen LogP contribution in [-0.4, -0.2) is 37.4 Å². The fourth-order valence-electron chi connectivity index (χ4n) is 2.95. The number of hydrogen-bond acceptors (Lipinski definition) is 1. The van der Waals surface area contributed by atoms with Crippen LogP contribution in [0.5, 0.6) is 0 Å². The quantitative estimate of drug-likeness (QED) is 0.362. The van der Waals surface area contributed by atoms with E-state index in [0.29, 0.717) is 6.10 Å². The average molecular weight is 295 g/mol. The molecule has 110 valence electrons. The Bertz CT molecular complexity index is 216. The Balaban J connectivity index is 2.74. The first-order valence-corrected chi connectivity index (χ1v) is 11.8. The molecule has 0 aromatic rings. The van der Waals surface area contributed by atoms with Gasteiger partial charge in [0.05, 0.1) is 0 Å². The minimum absolute atomic E-state index is 0.505. The molecule has 0 N–H and O–H groups in total. The summed E-state index contributed by atoms with van der Waals surface area (Å²) in [6.07, 6.45) is 13.3. The van der Waals surface area contributed by atoms with Crippen molar-refractivity contribution in [2.24, 2.45) is 0 Å². The van der Waals surface area contributed by atoms with E-state index < -0.39 is 5.96 Å². The second-order valence-corrected chi connectivity index (χ2v) is 14.4. The molecular weight excluding hydrogens is 263 g/mol. The molecular formula is C15H32ClOP. The average Bonchev–Trinajstić information content (AvgIpc) is 3.16. The number of unbranched alkanes of at least 4 members (excludes halogenated alkanes) is 3. The van der Waals surface area contributed by atoms with Crippen LogP contribution in [0.1, 0.15) is 59.3 Å². The molecule has 0 radical (unpaired) electrons. The molecule has 18 heavy (non-hydrogen) atoms. The molecule has 1 aliphatic heterocycles. The molecule has 0 aromatic carbocycles. The second-order valence-electron chi connectivity index (χ2n) is 6.19. The number of halogens is 1. The van der Waals surface area contributed by atoms with Gasteiger partial charge in [0.25, 0.3) is 0 Å². The maximum atomic E-state index is 7.42. The molecule has 0 saturated carbocycles. The molecule has 1 heterocycles. The van der Waals surface area contributed by atoms with E-state index in [0.717, 1.165) is 6.61 Å². The van der Waals surface area contributed by atoms with Gasteiger partial charge in [0.15, 0.2) is 0 Å². The normalized spacial score (nSPS) is 21.6. The van der Waals surface area contributed by atoms with Gasteiger partial charge in [0.2, 0.25) is 0 Å². The predicted octanol–water partition coefficient (Wildman–Crippen LogP) is 5.49. The molecule has 1 aliphatic rings. The van der Waals surface area contributed by atoms with Gasteiger partial charge in [0.1, 0.15) is 0 Å². The third-order valence-electron chi connectivity index (χ3n) is 4.27. The van der Waals surface area contributed by atoms with Gasteiger partial charge < -0.3 is 0 Å². The van der Waals surface area contributed by atoms with Gasteiger partial charge in [-0.15, -0.1) is 0 Å². The van der Waals surface area contributed by atoms with E-state index in [1.807, 2.05) is 0 Å². The molecule has 3 heteroatoms. The molecule has 1 fully saturated rings. The van der Waals surface area contributed by atoms with Gasteiger partial charge >= 0.3 is 119 Å². The molecule has 1 saturated heterocycles. The second kappa shape index (κ2) is 7.46. The zero-order chi connectivity index (χ0) is 13.5. The zero-order valence-electron chi connectivity index (χ0n) is 12.6. The van der Waals surface area contributed by atoms with Crippen LogP contribution in [0.15, 0.2) is 0 Å². The number of hydrogen-bond donors (Lipinski definition) is 0. The van der Waals surface area contributed by atoms with E-state index >= 15 is 0 Å². The van der Waals surface area contributed by atoms with Crippen molar-refractivity contribution >= 4 is 17.2 Å². The summed E-state index contributed by atoms with van der Waals surface area (Å²) < 4.78 is 5.52. The Hall–Kier alpha value is 0.680. The third kappa shape index (κ3) is 5.35. The van der Waals surface area contributed by atoms with Crippen LogP contribution in [0.25, 0.3) is 0 Å². The van der Waals surface area contributed by atoms with Crippen LogP contribution in [-0.2, 0) is 4.74 Å². The Morgan fingerprint density at radius 1 is 0.944 bits per heavy atom. The van der Waals surface area contributed by atoms with Crippen LogP contribution in [0.4, 0.5) is 0 Å². The molecule has 0 spiro atoms. The van der Waals surface area contributed by atoms with Crippen molar-refractivity contribution in [3.63, 3.8) is 0 Å². The molecule has 1 atom stereocenters. The van der Waals surface area contributed by atoms with E-state index in [4.69, 9.17) is 16.0 Å². The summed E-state index contributed by atoms with van der Waals surface area (Å²) in [6, 6.07) is 0. The van der Waals surface area contributed by atoms with Crippen molar-refractivity contribution in [1.29, 1.82) is 0 Å². The van der Waals surface area contributed by atoms with Crippen molar-refractivity contribution in [3.05, 3.63) is 0 Å². The number of rotatable bonds is 11. The van der Waals surface area contributed by atoms with Gasteiger partial charge in [-0.2, -0.15) is 0 Å². The van der Waals surface area contributed by atoms with Crippen LogP contribution < -0.4 is 0 Å².